The number of carbonyl (C=O) groups is 1. The fourth-order valence-corrected chi connectivity index (χ4v) is 2.28. The molecular weight excluding hydrogens is 206 g/mol. The van der Waals surface area contributed by atoms with E-state index >= 15 is 0 Å². The smallest absolute Gasteiger partial charge is 0.410 e. The molecule has 1 amide bonds. The number of hydrogen-bond acceptors (Lipinski definition) is 3. The van der Waals surface area contributed by atoms with Gasteiger partial charge in [-0.15, -0.1) is 0 Å². The van der Waals surface area contributed by atoms with Gasteiger partial charge in [-0.1, -0.05) is 6.08 Å². The van der Waals surface area contributed by atoms with Crippen LogP contribution < -0.4 is 0 Å². The van der Waals surface area contributed by atoms with Crippen molar-refractivity contribution in [3.63, 3.8) is 0 Å². The second-order valence-corrected chi connectivity index (χ2v) is 5.60. The minimum absolute atomic E-state index is 0.253. The molecule has 2 unspecified atom stereocenters. The van der Waals surface area contributed by atoms with E-state index in [1.165, 1.54) is 5.57 Å². The van der Waals surface area contributed by atoms with Crippen LogP contribution in [-0.4, -0.2) is 40.9 Å². The number of aliphatic hydroxyl groups excluding tert-OH is 1. The van der Waals surface area contributed by atoms with E-state index in [9.17, 15) is 9.90 Å². The van der Waals surface area contributed by atoms with Gasteiger partial charge in [-0.05, 0) is 32.8 Å². The molecule has 4 nitrogen and oxygen atoms in total. The zero-order valence-corrected chi connectivity index (χ0v) is 10.1. The topological polar surface area (TPSA) is 49.8 Å². The lowest BCUT2D eigenvalue weighted by atomic mass is 10.1. The zero-order valence-electron chi connectivity index (χ0n) is 10.1. The fraction of sp³-hybridized carbons (Fsp3) is 0.750. The molecule has 0 aromatic carbocycles. The van der Waals surface area contributed by atoms with Crippen LogP contribution in [0.4, 0.5) is 4.79 Å². The van der Waals surface area contributed by atoms with Crippen LogP contribution in [0.15, 0.2) is 11.6 Å². The van der Waals surface area contributed by atoms with Crippen LogP contribution in [-0.2, 0) is 4.74 Å². The predicted octanol–water partition coefficient (Wildman–Crippen LogP) is 1.54. The molecule has 1 N–H and O–H groups in total. The average Bonchev–Trinajstić information content (AvgIpc) is 2.56. The fourth-order valence-electron chi connectivity index (χ4n) is 2.28. The molecule has 0 radical (unpaired) electrons. The Balaban J connectivity index is 1.95. The van der Waals surface area contributed by atoms with Crippen LogP contribution in [0.5, 0.6) is 0 Å². The Hall–Kier alpha value is -1.03. The third kappa shape index (κ3) is 2.38. The molecule has 0 saturated carbocycles. The Bertz CT molecular complexity index is 330. The van der Waals surface area contributed by atoms with Crippen molar-refractivity contribution in [1.82, 2.24) is 4.90 Å². The summed E-state index contributed by atoms with van der Waals surface area (Å²) in [6.07, 6.45) is 2.04. The molecule has 0 spiro atoms. The number of fused-ring (bicyclic) bond motifs is 1. The number of rotatable bonds is 0. The van der Waals surface area contributed by atoms with Gasteiger partial charge in [0.25, 0.3) is 0 Å². The molecule has 1 aliphatic carbocycles. The number of nitrogens with zero attached hydrogens (tertiary/aromatic N) is 1. The molecule has 0 aromatic heterocycles. The van der Waals surface area contributed by atoms with Gasteiger partial charge in [0, 0.05) is 19.0 Å². The van der Waals surface area contributed by atoms with Crippen molar-refractivity contribution in [2.75, 3.05) is 13.1 Å². The minimum atomic E-state index is -0.442. The third-order valence-electron chi connectivity index (χ3n) is 2.92. The van der Waals surface area contributed by atoms with Crippen molar-refractivity contribution < 1.29 is 14.6 Å². The first-order valence-electron chi connectivity index (χ1n) is 5.72. The number of hydrogen-bond donors (Lipinski definition) is 1. The minimum Gasteiger partial charge on any atom is -0.444 e. The molecule has 2 aliphatic rings. The molecule has 90 valence electrons. The van der Waals surface area contributed by atoms with Gasteiger partial charge >= 0.3 is 6.09 Å². The SMILES string of the molecule is CC(C)(C)OC(=O)N1CC2=CC(O)CC2C1. The summed E-state index contributed by atoms with van der Waals surface area (Å²) >= 11 is 0. The highest BCUT2D eigenvalue weighted by Crippen LogP contribution is 2.33. The number of carbonyl (C=O) groups excluding carboxylic acids is 1. The summed E-state index contributed by atoms with van der Waals surface area (Å²) in [4.78, 5) is 13.5. The van der Waals surface area contributed by atoms with Crippen molar-refractivity contribution in [2.24, 2.45) is 5.92 Å². The standard InChI is InChI=1S/C12H19NO3/c1-12(2,3)16-11(15)13-6-8-4-10(14)5-9(8)7-13/h4,9-10,14H,5-7H2,1-3H3. The van der Waals surface area contributed by atoms with E-state index in [2.05, 4.69) is 0 Å². The Morgan fingerprint density at radius 2 is 2.25 bits per heavy atom. The summed E-state index contributed by atoms with van der Waals surface area (Å²) in [5.74, 6) is 0.336. The van der Waals surface area contributed by atoms with Gasteiger partial charge in [-0.25, -0.2) is 4.79 Å². The van der Waals surface area contributed by atoms with Crippen LogP contribution in [0, 0.1) is 5.92 Å². The maximum absolute atomic E-state index is 11.8. The molecule has 16 heavy (non-hydrogen) atoms. The molecule has 1 aliphatic heterocycles. The Kier molecular flexibility index (Phi) is 2.70. The molecule has 1 fully saturated rings. The van der Waals surface area contributed by atoms with Crippen molar-refractivity contribution in [2.45, 2.75) is 38.9 Å². The van der Waals surface area contributed by atoms with E-state index in [0.717, 1.165) is 6.42 Å². The van der Waals surface area contributed by atoms with Gasteiger partial charge in [0.1, 0.15) is 5.60 Å². The Labute approximate surface area is 95.9 Å². The van der Waals surface area contributed by atoms with E-state index in [1.54, 1.807) is 4.90 Å². The van der Waals surface area contributed by atoms with E-state index in [1.807, 2.05) is 26.8 Å². The zero-order chi connectivity index (χ0) is 11.9. The summed E-state index contributed by atoms with van der Waals surface area (Å²) in [5, 5.41) is 9.44. The van der Waals surface area contributed by atoms with E-state index in [0.29, 0.717) is 19.0 Å². The Morgan fingerprint density at radius 1 is 1.56 bits per heavy atom. The molecule has 1 saturated heterocycles. The van der Waals surface area contributed by atoms with Gasteiger partial charge in [0.05, 0.1) is 6.10 Å². The van der Waals surface area contributed by atoms with Gasteiger partial charge in [0.2, 0.25) is 0 Å². The van der Waals surface area contributed by atoms with Crippen LogP contribution in [0.25, 0.3) is 0 Å². The van der Waals surface area contributed by atoms with Crippen molar-refractivity contribution in [3.8, 4) is 0 Å². The average molecular weight is 225 g/mol. The number of aliphatic hydroxyl groups is 1. The first-order chi connectivity index (χ1) is 7.35. The molecular formula is C12H19NO3. The van der Waals surface area contributed by atoms with Gasteiger partial charge in [-0.2, -0.15) is 0 Å². The third-order valence-corrected chi connectivity index (χ3v) is 2.92. The molecule has 0 bridgehead atoms. The second kappa shape index (κ2) is 3.77. The summed E-state index contributed by atoms with van der Waals surface area (Å²) < 4.78 is 5.31. The highest BCUT2D eigenvalue weighted by molar-refractivity contribution is 5.69. The first kappa shape index (κ1) is 11.5. The van der Waals surface area contributed by atoms with Crippen LogP contribution in [0.2, 0.25) is 0 Å². The molecule has 1 heterocycles. The highest BCUT2D eigenvalue weighted by Gasteiger charge is 2.37. The second-order valence-electron chi connectivity index (χ2n) is 5.60. The monoisotopic (exact) mass is 225 g/mol. The lowest BCUT2D eigenvalue weighted by Gasteiger charge is -2.24. The molecule has 2 atom stereocenters. The summed E-state index contributed by atoms with van der Waals surface area (Å²) in [7, 11) is 0. The van der Waals surface area contributed by atoms with Gasteiger partial charge < -0.3 is 14.7 Å². The maximum Gasteiger partial charge on any atom is 0.410 e. The van der Waals surface area contributed by atoms with Crippen molar-refractivity contribution >= 4 is 6.09 Å². The van der Waals surface area contributed by atoms with E-state index in [-0.39, 0.29) is 12.2 Å². The van der Waals surface area contributed by atoms with Crippen LogP contribution in [0.1, 0.15) is 27.2 Å². The molecule has 0 aromatic rings. The van der Waals surface area contributed by atoms with Crippen LogP contribution >= 0.6 is 0 Å². The maximum atomic E-state index is 11.8. The van der Waals surface area contributed by atoms with Crippen molar-refractivity contribution in [1.29, 1.82) is 0 Å². The van der Waals surface area contributed by atoms with E-state index in [4.69, 9.17) is 4.74 Å². The normalized spacial score (nSPS) is 29.0. The van der Waals surface area contributed by atoms with Crippen LogP contribution in [0.3, 0.4) is 0 Å². The number of likely N-dealkylation sites (tertiary alicyclic amines) is 1. The van der Waals surface area contributed by atoms with Gasteiger partial charge in [-0.3, -0.25) is 0 Å². The van der Waals surface area contributed by atoms with Crippen molar-refractivity contribution in [3.05, 3.63) is 11.6 Å². The highest BCUT2D eigenvalue weighted by atomic mass is 16.6. The summed E-state index contributed by atoms with van der Waals surface area (Å²) in [6.45, 7) is 6.88. The van der Waals surface area contributed by atoms with E-state index < -0.39 is 5.60 Å². The lowest BCUT2D eigenvalue weighted by Crippen LogP contribution is -2.35. The Morgan fingerprint density at radius 3 is 2.81 bits per heavy atom. The summed E-state index contributed by atoms with van der Waals surface area (Å²) in [5.41, 5.74) is 0.737. The van der Waals surface area contributed by atoms with Gasteiger partial charge in [0.15, 0.2) is 0 Å². The molecule has 4 heteroatoms. The number of ether oxygens (including phenoxy) is 1. The largest absolute Gasteiger partial charge is 0.444 e. The first-order valence-corrected chi connectivity index (χ1v) is 5.72. The molecule has 2 rings (SSSR count). The number of amides is 1. The lowest BCUT2D eigenvalue weighted by molar-refractivity contribution is 0.0284. The predicted molar refractivity (Wildman–Crippen MR) is 60.0 cm³/mol. The summed E-state index contributed by atoms with van der Waals surface area (Å²) in [6, 6.07) is 0. The quantitative estimate of drug-likeness (QED) is 0.636.